The van der Waals surface area contributed by atoms with Gasteiger partial charge in [-0.25, -0.2) is 0 Å². The van der Waals surface area contributed by atoms with E-state index in [2.05, 4.69) is 4.98 Å². The van der Waals surface area contributed by atoms with Gasteiger partial charge in [-0.3, -0.25) is 4.98 Å². The SMILES string of the molecule is OB(O)c1ccc2ccc3ccccc3c2n1. The predicted octanol–water partition coefficient (Wildman–Crippen LogP) is 1.07. The van der Waals surface area contributed by atoms with Gasteiger partial charge in [0.05, 0.1) is 11.1 Å². The topological polar surface area (TPSA) is 53.4 Å². The molecule has 1 heterocycles. The largest absolute Gasteiger partial charge is 0.508 e. The third-order valence-corrected chi connectivity index (χ3v) is 2.87. The first-order valence-electron chi connectivity index (χ1n) is 5.40. The Labute approximate surface area is 98.5 Å². The molecule has 2 N–H and O–H groups in total. The minimum Gasteiger partial charge on any atom is -0.422 e. The lowest BCUT2D eigenvalue weighted by Gasteiger charge is -2.05. The highest BCUT2D eigenvalue weighted by Gasteiger charge is 2.13. The molecule has 3 rings (SSSR count). The van der Waals surface area contributed by atoms with Crippen LogP contribution in [-0.4, -0.2) is 22.2 Å². The van der Waals surface area contributed by atoms with Crippen molar-refractivity contribution in [1.82, 2.24) is 4.98 Å². The normalized spacial score (nSPS) is 10.9. The van der Waals surface area contributed by atoms with E-state index in [0.29, 0.717) is 0 Å². The van der Waals surface area contributed by atoms with Crippen LogP contribution < -0.4 is 5.59 Å². The number of aromatic nitrogens is 1. The van der Waals surface area contributed by atoms with Crippen LogP contribution in [0.2, 0.25) is 0 Å². The van der Waals surface area contributed by atoms with E-state index < -0.39 is 7.12 Å². The smallest absolute Gasteiger partial charge is 0.422 e. The van der Waals surface area contributed by atoms with E-state index in [1.807, 2.05) is 42.5 Å². The quantitative estimate of drug-likeness (QED) is 0.479. The third kappa shape index (κ3) is 1.67. The molecular formula is C13H10BNO2. The van der Waals surface area contributed by atoms with Crippen molar-refractivity contribution >= 4 is 34.4 Å². The highest BCUT2D eigenvalue weighted by Crippen LogP contribution is 2.22. The molecule has 17 heavy (non-hydrogen) atoms. The molecule has 0 fully saturated rings. The van der Waals surface area contributed by atoms with Crippen molar-refractivity contribution in [2.24, 2.45) is 0 Å². The predicted molar refractivity (Wildman–Crippen MR) is 69.1 cm³/mol. The fourth-order valence-electron chi connectivity index (χ4n) is 2.02. The van der Waals surface area contributed by atoms with Crippen molar-refractivity contribution in [2.45, 2.75) is 0 Å². The first-order chi connectivity index (χ1) is 8.25. The van der Waals surface area contributed by atoms with Crippen LogP contribution in [0, 0.1) is 0 Å². The van der Waals surface area contributed by atoms with Crippen LogP contribution in [-0.2, 0) is 0 Å². The van der Waals surface area contributed by atoms with E-state index in [4.69, 9.17) is 10.0 Å². The molecule has 0 unspecified atom stereocenters. The van der Waals surface area contributed by atoms with Crippen molar-refractivity contribution in [3.05, 3.63) is 48.5 Å². The van der Waals surface area contributed by atoms with Crippen LogP contribution in [0.5, 0.6) is 0 Å². The summed E-state index contributed by atoms with van der Waals surface area (Å²) < 4.78 is 0. The summed E-state index contributed by atoms with van der Waals surface area (Å²) in [7, 11) is -1.53. The molecule has 3 aromatic rings. The maximum Gasteiger partial charge on any atom is 0.508 e. The summed E-state index contributed by atoms with van der Waals surface area (Å²) in [6.45, 7) is 0. The van der Waals surface area contributed by atoms with Gasteiger partial charge in [0.25, 0.3) is 0 Å². The number of rotatable bonds is 1. The maximum atomic E-state index is 9.15. The highest BCUT2D eigenvalue weighted by atomic mass is 16.4. The lowest BCUT2D eigenvalue weighted by Crippen LogP contribution is -2.32. The molecule has 0 atom stereocenters. The molecule has 0 aliphatic carbocycles. The molecule has 2 aromatic carbocycles. The van der Waals surface area contributed by atoms with Crippen LogP contribution in [0.25, 0.3) is 21.7 Å². The number of hydrogen-bond acceptors (Lipinski definition) is 3. The zero-order chi connectivity index (χ0) is 11.8. The van der Waals surface area contributed by atoms with E-state index in [9.17, 15) is 0 Å². The molecular weight excluding hydrogens is 213 g/mol. The minimum absolute atomic E-state index is 0.272. The summed E-state index contributed by atoms with van der Waals surface area (Å²) in [4.78, 5) is 4.30. The standard InChI is InChI=1S/C13H10BNO2/c16-14(17)12-8-7-10-6-5-9-3-1-2-4-11(9)13(10)15-12/h1-8,16-17H. The van der Waals surface area contributed by atoms with E-state index >= 15 is 0 Å². The molecule has 3 nitrogen and oxygen atoms in total. The number of fused-ring (bicyclic) bond motifs is 3. The van der Waals surface area contributed by atoms with Crippen LogP contribution in [0.3, 0.4) is 0 Å². The summed E-state index contributed by atoms with van der Waals surface area (Å²) in [6, 6.07) is 15.4. The van der Waals surface area contributed by atoms with E-state index in [1.165, 1.54) is 0 Å². The van der Waals surface area contributed by atoms with Crippen molar-refractivity contribution in [1.29, 1.82) is 0 Å². The Hall–Kier alpha value is -1.91. The monoisotopic (exact) mass is 223 g/mol. The summed E-state index contributed by atoms with van der Waals surface area (Å²) in [5, 5.41) is 21.4. The van der Waals surface area contributed by atoms with Gasteiger partial charge in [-0.05, 0) is 11.5 Å². The van der Waals surface area contributed by atoms with E-state index in [-0.39, 0.29) is 5.59 Å². The van der Waals surface area contributed by atoms with Crippen molar-refractivity contribution in [2.75, 3.05) is 0 Å². The zero-order valence-corrected chi connectivity index (χ0v) is 9.04. The number of benzene rings is 2. The first-order valence-corrected chi connectivity index (χ1v) is 5.40. The minimum atomic E-state index is -1.53. The van der Waals surface area contributed by atoms with Crippen molar-refractivity contribution < 1.29 is 10.0 Å². The molecule has 4 heteroatoms. The second-order valence-corrected chi connectivity index (χ2v) is 3.97. The Morgan fingerprint density at radius 2 is 1.53 bits per heavy atom. The number of nitrogens with zero attached hydrogens (tertiary/aromatic N) is 1. The Morgan fingerprint density at radius 1 is 0.824 bits per heavy atom. The van der Waals surface area contributed by atoms with Gasteiger partial charge in [0.2, 0.25) is 0 Å². The summed E-state index contributed by atoms with van der Waals surface area (Å²) in [5.74, 6) is 0. The average Bonchev–Trinajstić information content (AvgIpc) is 2.38. The second kappa shape index (κ2) is 3.84. The van der Waals surface area contributed by atoms with Gasteiger partial charge in [-0.15, -0.1) is 0 Å². The molecule has 0 saturated carbocycles. The third-order valence-electron chi connectivity index (χ3n) is 2.87. The van der Waals surface area contributed by atoms with Gasteiger partial charge in [-0.1, -0.05) is 42.5 Å². The molecule has 0 saturated heterocycles. The van der Waals surface area contributed by atoms with Crippen LogP contribution in [0.15, 0.2) is 48.5 Å². The molecule has 0 bridgehead atoms. The molecule has 82 valence electrons. The van der Waals surface area contributed by atoms with Gasteiger partial charge in [-0.2, -0.15) is 0 Å². The van der Waals surface area contributed by atoms with Gasteiger partial charge < -0.3 is 10.0 Å². The molecule has 0 radical (unpaired) electrons. The van der Waals surface area contributed by atoms with E-state index in [1.54, 1.807) is 6.07 Å². The summed E-state index contributed by atoms with van der Waals surface area (Å²) in [5.41, 5.74) is 1.07. The second-order valence-electron chi connectivity index (χ2n) is 3.97. The lowest BCUT2D eigenvalue weighted by molar-refractivity contribution is 0.424. The van der Waals surface area contributed by atoms with Gasteiger partial charge in [0.15, 0.2) is 0 Å². The molecule has 0 aliphatic heterocycles. The zero-order valence-electron chi connectivity index (χ0n) is 9.04. The van der Waals surface area contributed by atoms with Gasteiger partial charge in [0, 0.05) is 10.8 Å². The van der Waals surface area contributed by atoms with Crippen LogP contribution in [0.1, 0.15) is 0 Å². The fourth-order valence-corrected chi connectivity index (χ4v) is 2.02. The van der Waals surface area contributed by atoms with Crippen molar-refractivity contribution in [3.63, 3.8) is 0 Å². The maximum absolute atomic E-state index is 9.15. The highest BCUT2D eigenvalue weighted by molar-refractivity contribution is 6.57. The Balaban J connectivity index is 2.42. The molecule has 1 aromatic heterocycles. The summed E-state index contributed by atoms with van der Waals surface area (Å²) >= 11 is 0. The summed E-state index contributed by atoms with van der Waals surface area (Å²) in [6.07, 6.45) is 0. The number of hydrogen-bond donors (Lipinski definition) is 2. The molecule has 0 amide bonds. The lowest BCUT2D eigenvalue weighted by atomic mass is 9.85. The Morgan fingerprint density at radius 3 is 2.35 bits per heavy atom. The van der Waals surface area contributed by atoms with Crippen LogP contribution in [0.4, 0.5) is 0 Å². The number of pyridine rings is 1. The van der Waals surface area contributed by atoms with Gasteiger partial charge >= 0.3 is 7.12 Å². The van der Waals surface area contributed by atoms with Crippen molar-refractivity contribution in [3.8, 4) is 0 Å². The molecule has 0 aliphatic rings. The van der Waals surface area contributed by atoms with E-state index in [0.717, 1.165) is 21.7 Å². The van der Waals surface area contributed by atoms with Gasteiger partial charge in [0.1, 0.15) is 0 Å². The Kier molecular flexibility index (Phi) is 2.32. The molecule has 0 spiro atoms. The fraction of sp³-hybridized carbons (Fsp3) is 0. The first kappa shape index (κ1) is 10.3. The van der Waals surface area contributed by atoms with Crippen LogP contribution >= 0.6 is 0 Å². The Bertz CT molecular complexity index is 697. The average molecular weight is 223 g/mol.